The second-order valence-corrected chi connectivity index (χ2v) is 4.40. The third-order valence-corrected chi connectivity index (χ3v) is 3.02. The van der Waals surface area contributed by atoms with Crippen LogP contribution in [-0.4, -0.2) is 18.1 Å². The fraction of sp³-hybridized carbons (Fsp3) is 1.00. The summed E-state index contributed by atoms with van der Waals surface area (Å²) in [7, 11) is 0. The van der Waals surface area contributed by atoms with Gasteiger partial charge in [0.15, 0.2) is 0 Å². The predicted octanol–water partition coefficient (Wildman–Crippen LogP) is 1.50. The first kappa shape index (κ1) is 10.0. The van der Waals surface area contributed by atoms with Crippen molar-refractivity contribution in [2.45, 2.75) is 51.6 Å². The molecule has 0 radical (unpaired) electrons. The van der Waals surface area contributed by atoms with Crippen LogP contribution >= 0.6 is 0 Å². The van der Waals surface area contributed by atoms with Crippen LogP contribution in [0.2, 0.25) is 0 Å². The minimum atomic E-state index is -0.0130. The van der Waals surface area contributed by atoms with Gasteiger partial charge in [-0.2, -0.15) is 0 Å². The molecule has 2 heteroatoms. The number of nitrogens with two attached hydrogens (primary N) is 1. The molecule has 1 saturated carbocycles. The third-order valence-electron chi connectivity index (χ3n) is 3.02. The van der Waals surface area contributed by atoms with Gasteiger partial charge in [0, 0.05) is 18.1 Å². The second-order valence-electron chi connectivity index (χ2n) is 4.40. The largest absolute Gasteiger partial charge is 0.324 e. The van der Waals surface area contributed by atoms with Crippen molar-refractivity contribution in [3.8, 4) is 0 Å². The third kappa shape index (κ3) is 2.76. The van der Waals surface area contributed by atoms with Crippen LogP contribution in [-0.2, 0) is 0 Å². The summed E-state index contributed by atoms with van der Waals surface area (Å²) < 4.78 is 0. The molecule has 3 atom stereocenters. The van der Waals surface area contributed by atoms with Gasteiger partial charge in [0.2, 0.25) is 0 Å². The highest BCUT2D eigenvalue weighted by Gasteiger charge is 2.35. The highest BCUT2D eigenvalue weighted by molar-refractivity contribution is 4.94. The van der Waals surface area contributed by atoms with Gasteiger partial charge in [0.05, 0.1) is 0 Å². The van der Waals surface area contributed by atoms with Gasteiger partial charge < -0.3 is 11.1 Å². The molecule has 2 nitrogen and oxygen atoms in total. The van der Waals surface area contributed by atoms with E-state index >= 15 is 0 Å². The zero-order valence-corrected chi connectivity index (χ0v) is 8.56. The highest BCUT2D eigenvalue weighted by Crippen LogP contribution is 2.33. The van der Waals surface area contributed by atoms with Crippen molar-refractivity contribution in [2.24, 2.45) is 11.7 Å². The Kier molecular flexibility index (Phi) is 3.13. The van der Waals surface area contributed by atoms with Crippen LogP contribution in [0, 0.1) is 5.92 Å². The molecular formula is C10H22N2. The van der Waals surface area contributed by atoms with Crippen LogP contribution in [0.1, 0.15) is 40.0 Å². The van der Waals surface area contributed by atoms with Crippen LogP contribution in [0.4, 0.5) is 0 Å². The van der Waals surface area contributed by atoms with Crippen molar-refractivity contribution in [1.82, 2.24) is 5.32 Å². The summed E-state index contributed by atoms with van der Waals surface area (Å²) in [4.78, 5) is 0. The van der Waals surface area contributed by atoms with Crippen molar-refractivity contribution >= 4 is 0 Å². The van der Waals surface area contributed by atoms with Crippen molar-refractivity contribution in [3.05, 3.63) is 0 Å². The van der Waals surface area contributed by atoms with Crippen molar-refractivity contribution in [2.75, 3.05) is 6.54 Å². The van der Waals surface area contributed by atoms with E-state index in [1.165, 1.54) is 12.8 Å². The Balaban J connectivity index is 2.11. The maximum atomic E-state index is 6.02. The normalized spacial score (nSPS) is 33.0. The summed E-state index contributed by atoms with van der Waals surface area (Å²) in [5.41, 5.74) is 6.00. The van der Waals surface area contributed by atoms with Crippen LogP contribution in [0.25, 0.3) is 0 Å². The zero-order valence-electron chi connectivity index (χ0n) is 8.56. The van der Waals surface area contributed by atoms with Gasteiger partial charge in [-0.25, -0.2) is 0 Å². The lowest BCUT2D eigenvalue weighted by Gasteiger charge is -2.23. The van der Waals surface area contributed by atoms with Crippen molar-refractivity contribution in [3.63, 3.8) is 0 Å². The molecule has 1 aliphatic carbocycles. The lowest BCUT2D eigenvalue weighted by Crippen LogP contribution is -2.46. The first-order valence-electron chi connectivity index (χ1n) is 5.11. The topological polar surface area (TPSA) is 38.0 Å². The lowest BCUT2D eigenvalue weighted by molar-refractivity contribution is 0.409. The molecular weight excluding hydrogens is 148 g/mol. The Morgan fingerprint density at radius 2 is 2.17 bits per heavy atom. The van der Waals surface area contributed by atoms with E-state index in [-0.39, 0.29) is 5.54 Å². The van der Waals surface area contributed by atoms with Gasteiger partial charge >= 0.3 is 0 Å². The van der Waals surface area contributed by atoms with Crippen LogP contribution < -0.4 is 11.1 Å². The summed E-state index contributed by atoms with van der Waals surface area (Å²) in [5, 5.41) is 3.52. The average Bonchev–Trinajstić information content (AvgIpc) is 2.80. The fourth-order valence-electron chi connectivity index (χ4n) is 1.44. The summed E-state index contributed by atoms with van der Waals surface area (Å²) in [6.07, 6.45) is 3.71. The molecule has 3 N–H and O–H groups in total. The van der Waals surface area contributed by atoms with Crippen LogP contribution in [0.5, 0.6) is 0 Å². The number of rotatable bonds is 5. The zero-order chi connectivity index (χ0) is 9.19. The Morgan fingerprint density at radius 3 is 2.58 bits per heavy atom. The molecule has 1 rings (SSSR count). The van der Waals surface area contributed by atoms with E-state index in [0.29, 0.717) is 0 Å². The molecule has 0 aliphatic heterocycles. The Bertz CT molecular complexity index is 143. The molecule has 0 saturated heterocycles. The minimum Gasteiger partial charge on any atom is -0.324 e. The minimum absolute atomic E-state index is 0.0130. The highest BCUT2D eigenvalue weighted by atomic mass is 15.0. The molecule has 0 aromatic carbocycles. The molecule has 12 heavy (non-hydrogen) atoms. The Morgan fingerprint density at radius 1 is 1.50 bits per heavy atom. The molecule has 0 aromatic rings. The van der Waals surface area contributed by atoms with E-state index in [9.17, 15) is 0 Å². The van der Waals surface area contributed by atoms with Crippen molar-refractivity contribution in [1.29, 1.82) is 0 Å². The first-order chi connectivity index (χ1) is 5.59. The molecule has 72 valence electrons. The van der Waals surface area contributed by atoms with Gasteiger partial charge in [0.25, 0.3) is 0 Å². The maximum absolute atomic E-state index is 6.02. The lowest BCUT2D eigenvalue weighted by atomic mass is 10.0. The van der Waals surface area contributed by atoms with Crippen molar-refractivity contribution < 1.29 is 0 Å². The van der Waals surface area contributed by atoms with Gasteiger partial charge in [0.1, 0.15) is 0 Å². The fourth-order valence-corrected chi connectivity index (χ4v) is 1.44. The monoisotopic (exact) mass is 170 g/mol. The first-order valence-corrected chi connectivity index (χ1v) is 5.11. The van der Waals surface area contributed by atoms with Gasteiger partial charge in [-0.05, 0) is 25.7 Å². The second kappa shape index (κ2) is 3.75. The number of hydrogen-bond donors (Lipinski definition) is 2. The predicted molar refractivity (Wildman–Crippen MR) is 53.1 cm³/mol. The molecule has 0 bridgehead atoms. The molecule has 1 fully saturated rings. The van der Waals surface area contributed by atoms with Gasteiger partial charge in [-0.1, -0.05) is 20.3 Å². The summed E-state index contributed by atoms with van der Waals surface area (Å²) in [5.74, 6) is 0.928. The SMILES string of the molecule is CCC1CC1NCC(C)(N)CC. The van der Waals surface area contributed by atoms with E-state index in [2.05, 4.69) is 26.1 Å². The van der Waals surface area contributed by atoms with Crippen LogP contribution in [0.15, 0.2) is 0 Å². The van der Waals surface area contributed by atoms with Gasteiger partial charge in [-0.15, -0.1) is 0 Å². The van der Waals surface area contributed by atoms with E-state index < -0.39 is 0 Å². The van der Waals surface area contributed by atoms with Crippen LogP contribution in [0.3, 0.4) is 0 Å². The van der Waals surface area contributed by atoms with E-state index in [0.717, 1.165) is 24.9 Å². The average molecular weight is 170 g/mol. The Labute approximate surface area is 75.9 Å². The van der Waals surface area contributed by atoms with Gasteiger partial charge in [-0.3, -0.25) is 0 Å². The number of hydrogen-bond acceptors (Lipinski definition) is 2. The summed E-state index contributed by atoms with van der Waals surface area (Å²) in [6.45, 7) is 7.48. The maximum Gasteiger partial charge on any atom is 0.0249 e. The molecule has 0 amide bonds. The standard InChI is InChI=1S/C10H22N2/c1-4-8-6-9(8)12-7-10(3,11)5-2/h8-9,12H,4-7,11H2,1-3H3. The number of nitrogens with one attached hydrogen (secondary N) is 1. The molecule has 0 heterocycles. The van der Waals surface area contributed by atoms with E-state index in [1.807, 2.05) is 0 Å². The molecule has 1 aliphatic rings. The van der Waals surface area contributed by atoms with E-state index in [4.69, 9.17) is 5.73 Å². The molecule has 0 spiro atoms. The quantitative estimate of drug-likeness (QED) is 0.656. The van der Waals surface area contributed by atoms with E-state index in [1.54, 1.807) is 0 Å². The smallest absolute Gasteiger partial charge is 0.0249 e. The Hall–Kier alpha value is -0.0800. The summed E-state index contributed by atoms with van der Waals surface area (Å²) in [6, 6.07) is 0.768. The molecule has 3 unspecified atom stereocenters. The molecule has 0 aromatic heterocycles. The summed E-state index contributed by atoms with van der Waals surface area (Å²) >= 11 is 0.